The van der Waals surface area contributed by atoms with Crippen LogP contribution in [0.25, 0.3) is 66.1 Å². The van der Waals surface area contributed by atoms with Crippen molar-refractivity contribution in [2.45, 2.75) is 24.7 Å². The van der Waals surface area contributed by atoms with E-state index in [2.05, 4.69) is 525 Å². The minimum atomic E-state index is -0.367. The predicted octanol–water partition coefficient (Wildman–Crippen LogP) is 31.4. The van der Waals surface area contributed by atoms with Crippen molar-refractivity contribution in [2.75, 3.05) is 50.5 Å². The van der Waals surface area contributed by atoms with Gasteiger partial charge in [0.2, 0.25) is 0 Å². The van der Waals surface area contributed by atoms with Gasteiger partial charge in [-0.05, 0) is 236 Å². The van der Waals surface area contributed by atoms with Gasteiger partial charge in [-0.1, -0.05) is 323 Å². The van der Waals surface area contributed by atoms with Crippen LogP contribution < -0.4 is 29.4 Å². The summed E-state index contributed by atoms with van der Waals surface area (Å²) < 4.78 is 0. The first kappa shape index (κ1) is 76.2. The second kappa shape index (κ2) is 32.7. The van der Waals surface area contributed by atoms with Gasteiger partial charge in [0.05, 0.1) is 16.8 Å². The molecule has 0 heterocycles. The Morgan fingerprint density at radius 3 is 0.764 bits per heavy atom. The summed E-state index contributed by atoms with van der Waals surface area (Å²) in [4.78, 5) is 13.9. The van der Waals surface area contributed by atoms with E-state index in [0.717, 1.165) is 51.2 Å². The van der Waals surface area contributed by atoms with E-state index in [1.807, 2.05) is 6.07 Å². The summed E-state index contributed by atoms with van der Waals surface area (Å²) in [7, 11) is 6.49. The molecule has 0 fully saturated rings. The molecule has 6 heteroatoms. The van der Waals surface area contributed by atoms with Crippen LogP contribution >= 0.6 is 0 Å². The zero-order valence-corrected chi connectivity index (χ0v) is 69.6. The van der Waals surface area contributed by atoms with Crippen LogP contribution in [0.2, 0.25) is 0 Å². The van der Waals surface area contributed by atoms with Crippen molar-refractivity contribution in [3.8, 4) is 44.5 Å². The molecule has 0 amide bonds. The summed E-state index contributed by atoms with van der Waals surface area (Å²) in [6.07, 6.45) is 0. The third-order valence-electron chi connectivity index (χ3n) is 25.2. The first-order valence-corrected chi connectivity index (χ1v) is 42.5. The van der Waals surface area contributed by atoms with Crippen molar-refractivity contribution >= 4 is 107 Å². The smallest absolute Gasteiger partial charge is 0.0726 e. The first-order valence-electron chi connectivity index (χ1n) is 42.5. The second-order valence-electron chi connectivity index (χ2n) is 32.4. The summed E-state index contributed by atoms with van der Waals surface area (Å²) >= 11 is 0. The van der Waals surface area contributed by atoms with Gasteiger partial charge in [-0.3, -0.25) is 0 Å². The molecule has 19 aromatic rings. The monoisotopic (exact) mass is 1580 g/mol. The van der Waals surface area contributed by atoms with Crippen LogP contribution in [0, 0.1) is 0 Å². The summed E-state index contributed by atoms with van der Waals surface area (Å²) in [6, 6.07) is 168. The molecule has 123 heavy (non-hydrogen) atoms. The quantitative estimate of drug-likeness (QED) is 0.0953. The molecule has 0 radical (unpaired) electrons. The van der Waals surface area contributed by atoms with Crippen LogP contribution in [0.3, 0.4) is 0 Å². The molecule has 0 saturated heterocycles. The van der Waals surface area contributed by atoms with Crippen LogP contribution in [0.5, 0.6) is 0 Å². The minimum absolute atomic E-state index is 0.0272. The van der Waals surface area contributed by atoms with E-state index in [1.165, 1.54) is 134 Å². The standard InChI is InChI=1S/C48H34N2.C38H32N2.C31H26N2/c1-49(46-30-31-47(41-24-9-8-23-40(41)46)50(33-16-4-2-5-17-33)34-18-6-3-7-19-34)35-28-29-39-38-22-12-15-27-44(38)48(45(39)32-35)42-25-13-10-20-36(42)37-21-11-14-26-43(37)48;1-38(2)34-21-13-12-18-30(34)31-23-22-29(26-35(31)38)39(3)36-24-25-37(33-20-11-10-19-32(33)36)40(27-14-6-4-7-15-27)28-16-8-5-9-17-28;1-32(27-11-5-2-6-12-27)28-21-17-25(18-22-28)26-19-23-31(24-20-26)33(29-13-7-3-8-14-29)30-15-9-4-10-16-30/h2-32H,1H3;4-26H,1-3H3;2-24H,1H3. The van der Waals surface area contributed by atoms with E-state index in [0.29, 0.717) is 0 Å². The molecule has 3 aliphatic rings. The second-order valence-corrected chi connectivity index (χ2v) is 32.4. The number of para-hydroxylation sites is 7. The third-order valence-corrected chi connectivity index (χ3v) is 25.2. The molecule has 0 atom stereocenters. The topological polar surface area (TPSA) is 19.4 Å². The Hall–Kier alpha value is -15.5. The fourth-order valence-electron chi connectivity index (χ4n) is 19.2. The van der Waals surface area contributed by atoms with Crippen molar-refractivity contribution < 1.29 is 0 Å². The van der Waals surface area contributed by atoms with Crippen LogP contribution in [0.15, 0.2) is 467 Å². The summed E-state index contributed by atoms with van der Waals surface area (Å²) in [6.45, 7) is 4.68. The van der Waals surface area contributed by atoms with E-state index in [1.54, 1.807) is 0 Å². The Balaban J connectivity index is 0.000000120. The highest BCUT2D eigenvalue weighted by molar-refractivity contribution is 6.08. The van der Waals surface area contributed by atoms with Gasteiger partial charge in [-0.25, -0.2) is 0 Å². The van der Waals surface area contributed by atoms with E-state index in [-0.39, 0.29) is 10.8 Å². The van der Waals surface area contributed by atoms with E-state index in [9.17, 15) is 0 Å². The van der Waals surface area contributed by atoms with Crippen LogP contribution in [-0.2, 0) is 10.8 Å². The Bertz CT molecular complexity index is 6820. The molecule has 22 rings (SSSR count). The summed E-state index contributed by atoms with van der Waals surface area (Å²) in [5.41, 5.74) is 35.6. The lowest BCUT2D eigenvalue weighted by Crippen LogP contribution is -2.26. The Kier molecular flexibility index (Phi) is 20.2. The highest BCUT2D eigenvalue weighted by Crippen LogP contribution is 2.64. The maximum absolute atomic E-state index is 2.46. The van der Waals surface area contributed by atoms with Crippen LogP contribution in [0.1, 0.15) is 47.2 Å². The number of rotatable bonds is 16. The van der Waals surface area contributed by atoms with Gasteiger partial charge in [0.25, 0.3) is 0 Å². The number of fused-ring (bicyclic) bond motifs is 15. The molecule has 0 saturated carbocycles. The van der Waals surface area contributed by atoms with Crippen LogP contribution in [0.4, 0.5) is 85.3 Å². The lowest BCUT2D eigenvalue weighted by atomic mass is 9.70. The van der Waals surface area contributed by atoms with Gasteiger partial charge in [0, 0.05) is 122 Å². The molecule has 0 aromatic heterocycles. The SMILES string of the molecule is CN(c1ccc2c(c1)C(C)(C)c1ccccc1-2)c1ccc(N(c2ccccc2)c2ccccc2)c2ccccc12.CN(c1ccc2c(c1)C1(c3ccccc3-c3ccccc31)c1ccccc1-2)c1ccc(N(c2ccccc2)c2ccccc2)c2ccccc12.CN(c1ccccc1)c1ccc(-c2ccc(N(c3ccccc3)c3ccccc3)cc2)cc1. The maximum atomic E-state index is 2.46. The predicted molar refractivity (Wildman–Crippen MR) is 521 cm³/mol. The lowest BCUT2D eigenvalue weighted by Gasteiger charge is -2.32. The largest absolute Gasteiger partial charge is 0.345 e. The summed E-state index contributed by atoms with van der Waals surface area (Å²) in [5, 5.41) is 4.85. The Morgan fingerprint density at radius 2 is 0.398 bits per heavy atom. The van der Waals surface area contributed by atoms with Gasteiger partial charge in [0.15, 0.2) is 0 Å². The highest BCUT2D eigenvalue weighted by Gasteiger charge is 2.52. The average molecular weight is 1580 g/mol. The molecular formula is C117H92N6. The number of nitrogens with zero attached hydrogens (tertiary/aromatic N) is 6. The van der Waals surface area contributed by atoms with Gasteiger partial charge in [0.1, 0.15) is 0 Å². The fraction of sp³-hybridized carbons (Fsp3) is 0.0598. The molecule has 0 bridgehead atoms. The molecule has 0 aliphatic heterocycles. The molecule has 3 aliphatic carbocycles. The number of hydrogen-bond donors (Lipinski definition) is 0. The van der Waals surface area contributed by atoms with Crippen molar-refractivity contribution in [3.05, 3.63) is 500 Å². The Morgan fingerprint density at radius 1 is 0.163 bits per heavy atom. The molecule has 590 valence electrons. The maximum Gasteiger partial charge on any atom is 0.0726 e. The molecule has 19 aromatic carbocycles. The molecular weight excluding hydrogens is 1490 g/mol. The molecule has 6 nitrogen and oxygen atoms in total. The Labute approximate surface area is 722 Å². The van der Waals surface area contributed by atoms with Gasteiger partial charge >= 0.3 is 0 Å². The van der Waals surface area contributed by atoms with Gasteiger partial charge in [-0.2, -0.15) is 0 Å². The van der Waals surface area contributed by atoms with Crippen molar-refractivity contribution in [3.63, 3.8) is 0 Å². The third kappa shape index (κ3) is 13.8. The average Bonchev–Trinajstić information content (AvgIpc) is 1.51. The molecule has 0 unspecified atom stereocenters. The molecule has 1 spiro atoms. The lowest BCUT2D eigenvalue weighted by molar-refractivity contribution is 0.660. The zero-order chi connectivity index (χ0) is 83.0. The van der Waals surface area contributed by atoms with E-state index < -0.39 is 0 Å². The van der Waals surface area contributed by atoms with Crippen molar-refractivity contribution in [1.82, 2.24) is 0 Å². The minimum Gasteiger partial charge on any atom is -0.345 e. The van der Waals surface area contributed by atoms with E-state index in [4.69, 9.17) is 0 Å². The van der Waals surface area contributed by atoms with Gasteiger partial charge in [-0.15, -0.1) is 0 Å². The zero-order valence-electron chi connectivity index (χ0n) is 69.6. The first-order chi connectivity index (χ1) is 60.6. The number of anilines is 15. The molecule has 0 N–H and O–H groups in total. The number of hydrogen-bond acceptors (Lipinski definition) is 6. The van der Waals surface area contributed by atoms with Crippen LogP contribution in [-0.4, -0.2) is 21.1 Å². The van der Waals surface area contributed by atoms with Crippen molar-refractivity contribution in [1.29, 1.82) is 0 Å². The van der Waals surface area contributed by atoms with Crippen molar-refractivity contribution in [2.24, 2.45) is 0 Å². The normalized spacial score (nSPS) is 12.4. The number of benzene rings is 19. The van der Waals surface area contributed by atoms with E-state index >= 15 is 0 Å². The van der Waals surface area contributed by atoms with Gasteiger partial charge < -0.3 is 29.4 Å². The highest BCUT2D eigenvalue weighted by atomic mass is 15.2. The summed E-state index contributed by atoms with van der Waals surface area (Å²) in [5.74, 6) is 0. The fourth-order valence-corrected chi connectivity index (χ4v) is 19.2.